The van der Waals surface area contributed by atoms with Crippen molar-refractivity contribution in [2.75, 3.05) is 0 Å². The number of hydrogen-bond donors (Lipinski definition) is 0. The second-order valence-electron chi connectivity index (χ2n) is 4.33. The van der Waals surface area contributed by atoms with E-state index in [2.05, 4.69) is 36.2 Å². The van der Waals surface area contributed by atoms with Crippen LogP contribution in [0, 0.1) is 6.92 Å². The third-order valence-electron chi connectivity index (χ3n) is 3.11. The summed E-state index contributed by atoms with van der Waals surface area (Å²) in [5.41, 5.74) is 4.27. The minimum Gasteiger partial charge on any atom is -0.235 e. The van der Waals surface area contributed by atoms with Gasteiger partial charge in [-0.3, -0.25) is 0 Å². The zero-order valence-electron chi connectivity index (χ0n) is 10.0. The molecule has 0 atom stereocenters. The Bertz CT molecular complexity index is 719. The maximum absolute atomic E-state index is 6.30. The molecule has 0 aliphatic heterocycles. The lowest BCUT2D eigenvalue weighted by Gasteiger charge is -2.08. The number of benzene rings is 2. The summed E-state index contributed by atoms with van der Waals surface area (Å²) >= 11 is 6.30. The van der Waals surface area contributed by atoms with E-state index in [1.807, 2.05) is 30.3 Å². The van der Waals surface area contributed by atoms with Gasteiger partial charge < -0.3 is 0 Å². The fraction of sp³-hybridized carbons (Fsp3) is 0.0625. The number of halogens is 1. The average molecular weight is 254 g/mol. The number of pyridine rings is 1. The van der Waals surface area contributed by atoms with Crippen LogP contribution in [-0.4, -0.2) is 4.98 Å². The van der Waals surface area contributed by atoms with Gasteiger partial charge in [0.15, 0.2) is 0 Å². The summed E-state index contributed by atoms with van der Waals surface area (Å²) in [6, 6.07) is 18.3. The summed E-state index contributed by atoms with van der Waals surface area (Å²) in [6.45, 7) is 2.08. The van der Waals surface area contributed by atoms with Gasteiger partial charge in [-0.15, -0.1) is 0 Å². The molecule has 0 N–H and O–H groups in total. The molecule has 2 heteroatoms. The minimum absolute atomic E-state index is 0.558. The van der Waals surface area contributed by atoms with Crippen LogP contribution >= 0.6 is 11.6 Å². The number of nitrogens with zero attached hydrogens (tertiary/aromatic N) is 1. The van der Waals surface area contributed by atoms with E-state index in [4.69, 9.17) is 11.6 Å². The van der Waals surface area contributed by atoms with E-state index in [1.165, 1.54) is 5.56 Å². The van der Waals surface area contributed by atoms with Crippen LogP contribution in [-0.2, 0) is 0 Å². The van der Waals surface area contributed by atoms with Gasteiger partial charge in [0, 0.05) is 10.9 Å². The Morgan fingerprint density at radius 3 is 2.44 bits per heavy atom. The van der Waals surface area contributed by atoms with Gasteiger partial charge in [0.25, 0.3) is 0 Å². The molecule has 1 nitrogen and oxygen atoms in total. The van der Waals surface area contributed by atoms with E-state index in [0.29, 0.717) is 5.15 Å². The van der Waals surface area contributed by atoms with Gasteiger partial charge in [-0.1, -0.05) is 54.1 Å². The first-order valence-electron chi connectivity index (χ1n) is 5.87. The molecule has 18 heavy (non-hydrogen) atoms. The predicted molar refractivity (Wildman–Crippen MR) is 76.9 cm³/mol. The molecule has 3 aromatic rings. The molecular formula is C16H12ClN. The van der Waals surface area contributed by atoms with Crippen LogP contribution in [0.15, 0.2) is 54.6 Å². The Labute approximate surface area is 111 Å². The summed E-state index contributed by atoms with van der Waals surface area (Å²) in [4.78, 5) is 4.46. The van der Waals surface area contributed by atoms with Crippen molar-refractivity contribution >= 4 is 22.5 Å². The number of rotatable bonds is 1. The fourth-order valence-electron chi connectivity index (χ4n) is 2.16. The lowest BCUT2D eigenvalue weighted by molar-refractivity contribution is 1.38. The summed E-state index contributed by atoms with van der Waals surface area (Å²) in [7, 11) is 0. The van der Waals surface area contributed by atoms with Gasteiger partial charge in [0.2, 0.25) is 0 Å². The summed E-state index contributed by atoms with van der Waals surface area (Å²) in [6.07, 6.45) is 0. The van der Waals surface area contributed by atoms with Crippen molar-refractivity contribution in [1.82, 2.24) is 4.98 Å². The van der Waals surface area contributed by atoms with Gasteiger partial charge in [-0.2, -0.15) is 0 Å². The topological polar surface area (TPSA) is 12.9 Å². The van der Waals surface area contributed by atoms with E-state index < -0.39 is 0 Å². The van der Waals surface area contributed by atoms with E-state index in [9.17, 15) is 0 Å². The maximum atomic E-state index is 6.30. The first-order valence-corrected chi connectivity index (χ1v) is 6.25. The molecule has 88 valence electrons. The summed E-state index contributed by atoms with van der Waals surface area (Å²) in [5.74, 6) is 0. The van der Waals surface area contributed by atoms with Crippen LogP contribution in [0.5, 0.6) is 0 Å². The molecule has 3 rings (SSSR count). The predicted octanol–water partition coefficient (Wildman–Crippen LogP) is 4.86. The van der Waals surface area contributed by atoms with Gasteiger partial charge in [0.05, 0.1) is 5.52 Å². The number of fused-ring (bicyclic) bond motifs is 1. The van der Waals surface area contributed by atoms with Gasteiger partial charge >= 0.3 is 0 Å². The molecule has 1 aromatic heterocycles. The molecule has 2 aromatic carbocycles. The van der Waals surface area contributed by atoms with Crippen LogP contribution in [0.25, 0.3) is 22.0 Å². The van der Waals surface area contributed by atoms with Gasteiger partial charge in [0.1, 0.15) is 5.15 Å². The highest BCUT2D eigenvalue weighted by molar-refractivity contribution is 6.32. The molecule has 0 fully saturated rings. The first kappa shape index (κ1) is 11.2. The Hall–Kier alpha value is -1.86. The number of hydrogen-bond acceptors (Lipinski definition) is 1. The molecule has 0 spiro atoms. The van der Waals surface area contributed by atoms with Crippen molar-refractivity contribution < 1.29 is 0 Å². The first-order chi connectivity index (χ1) is 8.75. The van der Waals surface area contributed by atoms with E-state index >= 15 is 0 Å². The second kappa shape index (κ2) is 4.43. The minimum atomic E-state index is 0.558. The highest BCUT2D eigenvalue weighted by Gasteiger charge is 2.08. The molecule has 0 saturated carbocycles. The van der Waals surface area contributed by atoms with E-state index in [-0.39, 0.29) is 0 Å². The monoisotopic (exact) mass is 253 g/mol. The zero-order valence-corrected chi connectivity index (χ0v) is 10.8. The third kappa shape index (κ3) is 1.87. The SMILES string of the molecule is Cc1ccccc1-c1cc2ccccc2nc1Cl. The lowest BCUT2D eigenvalue weighted by Crippen LogP contribution is -1.88. The Morgan fingerprint density at radius 2 is 1.61 bits per heavy atom. The number of aromatic nitrogens is 1. The molecule has 0 amide bonds. The Kier molecular flexibility index (Phi) is 2.77. The molecule has 0 bridgehead atoms. The van der Waals surface area contributed by atoms with Crippen molar-refractivity contribution in [3.8, 4) is 11.1 Å². The summed E-state index contributed by atoms with van der Waals surface area (Å²) < 4.78 is 0. The van der Waals surface area contributed by atoms with Crippen LogP contribution in [0.4, 0.5) is 0 Å². The second-order valence-corrected chi connectivity index (χ2v) is 4.69. The Balaban J connectivity index is 2.30. The zero-order chi connectivity index (χ0) is 12.5. The lowest BCUT2D eigenvalue weighted by atomic mass is 10.0. The Morgan fingerprint density at radius 1 is 0.889 bits per heavy atom. The molecule has 0 saturated heterocycles. The quantitative estimate of drug-likeness (QED) is 0.564. The summed E-state index contributed by atoms with van der Waals surface area (Å²) in [5, 5.41) is 1.67. The molecule has 0 aliphatic rings. The van der Waals surface area contributed by atoms with E-state index in [1.54, 1.807) is 0 Å². The van der Waals surface area contributed by atoms with Crippen molar-refractivity contribution in [3.63, 3.8) is 0 Å². The fourth-order valence-corrected chi connectivity index (χ4v) is 2.40. The highest BCUT2D eigenvalue weighted by Crippen LogP contribution is 2.31. The van der Waals surface area contributed by atoms with Crippen molar-refractivity contribution in [1.29, 1.82) is 0 Å². The van der Waals surface area contributed by atoms with Crippen LogP contribution < -0.4 is 0 Å². The van der Waals surface area contributed by atoms with Crippen LogP contribution in [0.3, 0.4) is 0 Å². The molecule has 0 unspecified atom stereocenters. The molecule has 1 heterocycles. The number of para-hydroxylation sites is 1. The molecular weight excluding hydrogens is 242 g/mol. The molecule has 0 aliphatic carbocycles. The van der Waals surface area contributed by atoms with Gasteiger partial charge in [-0.25, -0.2) is 4.98 Å². The van der Waals surface area contributed by atoms with E-state index in [0.717, 1.165) is 22.0 Å². The average Bonchev–Trinajstić information content (AvgIpc) is 2.39. The van der Waals surface area contributed by atoms with Crippen molar-refractivity contribution in [3.05, 3.63) is 65.3 Å². The van der Waals surface area contributed by atoms with Crippen molar-refractivity contribution in [2.24, 2.45) is 0 Å². The highest BCUT2D eigenvalue weighted by atomic mass is 35.5. The van der Waals surface area contributed by atoms with Crippen LogP contribution in [0.1, 0.15) is 5.56 Å². The van der Waals surface area contributed by atoms with Gasteiger partial charge in [-0.05, 0) is 30.2 Å². The normalized spacial score (nSPS) is 10.8. The van der Waals surface area contributed by atoms with Crippen LogP contribution in [0.2, 0.25) is 5.15 Å². The third-order valence-corrected chi connectivity index (χ3v) is 3.40. The smallest absolute Gasteiger partial charge is 0.137 e. The standard InChI is InChI=1S/C16H12ClN/c1-11-6-2-4-8-13(11)14-10-12-7-3-5-9-15(12)18-16(14)17/h2-10H,1H3. The maximum Gasteiger partial charge on any atom is 0.137 e. The van der Waals surface area contributed by atoms with Crippen molar-refractivity contribution in [2.45, 2.75) is 6.92 Å². The number of aryl methyl sites for hydroxylation is 1. The largest absolute Gasteiger partial charge is 0.235 e. The molecule has 0 radical (unpaired) electrons.